The van der Waals surface area contributed by atoms with Crippen LogP contribution in [-0.4, -0.2) is 0 Å². The zero-order chi connectivity index (χ0) is 7.40. The number of nitriles is 1. The molecule has 1 nitrogen and oxygen atoms in total. The number of allylic oxidation sites excluding steroid dienone is 2. The van der Waals surface area contributed by atoms with Gasteiger partial charge in [0.25, 0.3) is 0 Å². The number of rotatable bonds is 1. The van der Waals surface area contributed by atoms with Gasteiger partial charge in [0.2, 0.25) is 0 Å². The lowest BCUT2D eigenvalue weighted by atomic mass is 9.98. The van der Waals surface area contributed by atoms with E-state index in [-0.39, 0.29) is 0 Å². The minimum atomic E-state index is 0.680. The molecule has 0 amide bonds. The van der Waals surface area contributed by atoms with E-state index in [1.807, 2.05) is 6.07 Å². The van der Waals surface area contributed by atoms with E-state index in [4.69, 9.17) is 5.26 Å². The monoisotopic (exact) mass is 135 g/mol. The van der Waals surface area contributed by atoms with E-state index >= 15 is 0 Å². The first-order valence-corrected chi connectivity index (χ1v) is 3.91. The summed E-state index contributed by atoms with van der Waals surface area (Å²) in [6, 6.07) is 2.03. The van der Waals surface area contributed by atoms with E-state index in [9.17, 15) is 0 Å². The molecular weight excluding hydrogens is 122 g/mol. The van der Waals surface area contributed by atoms with Crippen LogP contribution in [0.4, 0.5) is 0 Å². The molecular formula is C9H13N. The molecule has 0 unspecified atom stereocenters. The van der Waals surface area contributed by atoms with E-state index in [1.54, 1.807) is 6.08 Å². The summed E-state index contributed by atoms with van der Waals surface area (Å²) in [5.41, 5.74) is 0. The van der Waals surface area contributed by atoms with Crippen LogP contribution in [0, 0.1) is 23.2 Å². The third-order valence-corrected chi connectivity index (χ3v) is 2.35. The quantitative estimate of drug-likeness (QED) is 0.507. The predicted molar refractivity (Wildman–Crippen MR) is 41.3 cm³/mol. The molecule has 0 heterocycles. The number of hydrogen-bond acceptors (Lipinski definition) is 1. The highest BCUT2D eigenvalue weighted by atomic mass is 14.3. The molecule has 1 fully saturated rings. The predicted octanol–water partition coefficient (Wildman–Crippen LogP) is 2.50. The van der Waals surface area contributed by atoms with Gasteiger partial charge in [-0.2, -0.15) is 5.26 Å². The maximum Gasteiger partial charge on any atom is 0.0908 e. The molecule has 0 N–H and O–H groups in total. The zero-order valence-corrected chi connectivity index (χ0v) is 6.38. The Morgan fingerprint density at radius 3 is 2.80 bits per heavy atom. The molecule has 1 aliphatic carbocycles. The van der Waals surface area contributed by atoms with Gasteiger partial charge >= 0.3 is 0 Å². The van der Waals surface area contributed by atoms with Crippen molar-refractivity contribution in [2.45, 2.75) is 26.2 Å². The summed E-state index contributed by atoms with van der Waals surface area (Å²) in [7, 11) is 0. The second-order valence-electron chi connectivity index (χ2n) is 3.06. The van der Waals surface area contributed by atoms with Gasteiger partial charge in [0, 0.05) is 6.08 Å². The molecule has 0 aliphatic heterocycles. The molecule has 1 rings (SSSR count). The Labute approximate surface area is 62.4 Å². The molecule has 54 valence electrons. The van der Waals surface area contributed by atoms with Crippen molar-refractivity contribution in [1.82, 2.24) is 0 Å². The van der Waals surface area contributed by atoms with E-state index in [0.29, 0.717) is 5.92 Å². The average molecular weight is 135 g/mol. The highest BCUT2D eigenvalue weighted by molar-refractivity contribution is 5.05. The molecule has 2 atom stereocenters. The van der Waals surface area contributed by atoms with Gasteiger partial charge in [-0.3, -0.25) is 0 Å². The number of nitrogens with zero attached hydrogens (tertiary/aromatic N) is 1. The van der Waals surface area contributed by atoms with Gasteiger partial charge in [0.1, 0.15) is 0 Å². The van der Waals surface area contributed by atoms with Crippen molar-refractivity contribution in [1.29, 1.82) is 5.26 Å². The standard InChI is InChI=1S/C9H13N/c1-8-4-2-5-9(8)6-3-7-10/h3,6,8-9H,2,4-5H2,1H3/b6-3+/t8-,9-/m1/s1. The highest BCUT2D eigenvalue weighted by Gasteiger charge is 2.19. The summed E-state index contributed by atoms with van der Waals surface area (Å²) in [5, 5.41) is 8.28. The van der Waals surface area contributed by atoms with Crippen molar-refractivity contribution < 1.29 is 0 Å². The van der Waals surface area contributed by atoms with E-state index < -0.39 is 0 Å². The van der Waals surface area contributed by atoms with Gasteiger partial charge < -0.3 is 0 Å². The summed E-state index contributed by atoms with van der Waals surface area (Å²) in [6.07, 6.45) is 7.62. The summed E-state index contributed by atoms with van der Waals surface area (Å²) in [4.78, 5) is 0. The Morgan fingerprint density at radius 2 is 2.30 bits per heavy atom. The van der Waals surface area contributed by atoms with Gasteiger partial charge in [0.15, 0.2) is 0 Å². The van der Waals surface area contributed by atoms with Gasteiger partial charge in [0.05, 0.1) is 6.07 Å². The lowest BCUT2D eigenvalue weighted by Crippen LogP contribution is -1.98. The Balaban J connectivity index is 2.42. The first-order chi connectivity index (χ1) is 4.84. The summed E-state index contributed by atoms with van der Waals surface area (Å²) in [5.74, 6) is 1.48. The first kappa shape index (κ1) is 7.34. The molecule has 0 aromatic heterocycles. The van der Waals surface area contributed by atoms with Crippen LogP contribution in [0.1, 0.15) is 26.2 Å². The molecule has 10 heavy (non-hydrogen) atoms. The van der Waals surface area contributed by atoms with E-state index in [0.717, 1.165) is 5.92 Å². The Morgan fingerprint density at radius 1 is 1.50 bits per heavy atom. The molecule has 0 radical (unpaired) electrons. The van der Waals surface area contributed by atoms with Crippen molar-refractivity contribution in [2.75, 3.05) is 0 Å². The van der Waals surface area contributed by atoms with Gasteiger partial charge in [-0.15, -0.1) is 0 Å². The zero-order valence-electron chi connectivity index (χ0n) is 6.38. The van der Waals surface area contributed by atoms with Crippen molar-refractivity contribution in [3.05, 3.63) is 12.2 Å². The Kier molecular flexibility index (Phi) is 2.50. The van der Waals surface area contributed by atoms with Crippen LogP contribution in [0.15, 0.2) is 12.2 Å². The van der Waals surface area contributed by atoms with E-state index in [2.05, 4.69) is 13.0 Å². The normalized spacial score (nSPS) is 32.8. The lowest BCUT2D eigenvalue weighted by Gasteiger charge is -2.07. The molecule has 1 aliphatic rings. The van der Waals surface area contributed by atoms with Crippen molar-refractivity contribution in [3.63, 3.8) is 0 Å². The summed E-state index contributed by atoms with van der Waals surface area (Å²) in [6.45, 7) is 2.26. The smallest absolute Gasteiger partial charge is 0.0908 e. The minimum Gasteiger partial charge on any atom is -0.193 e. The number of hydrogen-bond donors (Lipinski definition) is 0. The molecule has 0 spiro atoms. The van der Waals surface area contributed by atoms with Crippen LogP contribution in [0.5, 0.6) is 0 Å². The molecule has 1 heteroatoms. The van der Waals surface area contributed by atoms with Crippen LogP contribution >= 0.6 is 0 Å². The molecule has 0 saturated heterocycles. The fraction of sp³-hybridized carbons (Fsp3) is 0.667. The largest absolute Gasteiger partial charge is 0.193 e. The van der Waals surface area contributed by atoms with Crippen molar-refractivity contribution in [3.8, 4) is 6.07 Å². The van der Waals surface area contributed by atoms with Crippen molar-refractivity contribution in [2.24, 2.45) is 11.8 Å². The molecule has 0 bridgehead atoms. The van der Waals surface area contributed by atoms with Crippen LogP contribution in [0.25, 0.3) is 0 Å². The van der Waals surface area contributed by atoms with Gasteiger partial charge in [-0.25, -0.2) is 0 Å². The average Bonchev–Trinajstić information content (AvgIpc) is 2.31. The van der Waals surface area contributed by atoms with Gasteiger partial charge in [-0.05, 0) is 18.3 Å². The van der Waals surface area contributed by atoms with Crippen LogP contribution in [-0.2, 0) is 0 Å². The Bertz CT molecular complexity index is 164. The second kappa shape index (κ2) is 3.41. The molecule has 1 saturated carbocycles. The molecule has 0 aromatic carbocycles. The highest BCUT2D eigenvalue weighted by Crippen LogP contribution is 2.31. The first-order valence-electron chi connectivity index (χ1n) is 3.91. The second-order valence-corrected chi connectivity index (χ2v) is 3.06. The minimum absolute atomic E-state index is 0.680. The van der Waals surface area contributed by atoms with Crippen LogP contribution in [0.3, 0.4) is 0 Å². The lowest BCUT2D eigenvalue weighted by molar-refractivity contribution is 0.504. The SMILES string of the molecule is C[C@@H]1CCC[C@@H]1/C=C/C#N. The van der Waals surface area contributed by atoms with Gasteiger partial charge in [-0.1, -0.05) is 25.8 Å². The fourth-order valence-electron chi connectivity index (χ4n) is 1.63. The summed E-state index contributed by atoms with van der Waals surface area (Å²) >= 11 is 0. The maximum absolute atomic E-state index is 8.28. The fourth-order valence-corrected chi connectivity index (χ4v) is 1.63. The third kappa shape index (κ3) is 1.60. The Hall–Kier alpha value is -0.770. The maximum atomic E-state index is 8.28. The topological polar surface area (TPSA) is 23.8 Å². The molecule has 0 aromatic rings. The third-order valence-electron chi connectivity index (χ3n) is 2.35. The summed E-state index contributed by atoms with van der Waals surface area (Å²) < 4.78 is 0. The van der Waals surface area contributed by atoms with E-state index in [1.165, 1.54) is 19.3 Å². The van der Waals surface area contributed by atoms with Crippen LogP contribution < -0.4 is 0 Å². The van der Waals surface area contributed by atoms with Crippen molar-refractivity contribution >= 4 is 0 Å². The van der Waals surface area contributed by atoms with Crippen LogP contribution in [0.2, 0.25) is 0 Å².